The van der Waals surface area contributed by atoms with Crippen LogP contribution >= 0.6 is 0 Å². The summed E-state index contributed by atoms with van der Waals surface area (Å²) in [4.78, 5) is 2.50. The summed E-state index contributed by atoms with van der Waals surface area (Å²) in [6.07, 6.45) is 2.36. The van der Waals surface area contributed by atoms with Crippen LogP contribution in [-0.2, 0) is 6.42 Å². The van der Waals surface area contributed by atoms with Gasteiger partial charge in [0.1, 0.15) is 0 Å². The molecule has 0 heterocycles. The highest BCUT2D eigenvalue weighted by Gasteiger charge is 2.05. The number of nitrogens with zero attached hydrogens (tertiary/aromatic N) is 1. The molecule has 2 N–H and O–H groups in total. The lowest BCUT2D eigenvalue weighted by Gasteiger charge is -2.24. The van der Waals surface area contributed by atoms with Gasteiger partial charge >= 0.3 is 0 Å². The van der Waals surface area contributed by atoms with E-state index in [0.717, 1.165) is 18.7 Å². The van der Waals surface area contributed by atoms with Crippen molar-refractivity contribution in [2.75, 3.05) is 18.8 Å². The van der Waals surface area contributed by atoms with Crippen LogP contribution in [0, 0.1) is 0 Å². The Bertz CT molecular complexity index is 290. The Hall–Kier alpha value is -1.02. The van der Waals surface area contributed by atoms with Crippen LogP contribution in [0.4, 0.5) is 5.69 Å². The van der Waals surface area contributed by atoms with Crippen molar-refractivity contribution in [1.29, 1.82) is 0 Å². The Labute approximate surface area is 99.5 Å². The minimum absolute atomic E-state index is 0.649. The molecular formula is C14H24N2. The normalized spacial score (nSPS) is 11.3. The molecule has 1 aromatic carbocycles. The van der Waals surface area contributed by atoms with Crippen molar-refractivity contribution in [2.24, 2.45) is 0 Å². The number of aryl methyl sites for hydroxylation is 1. The van der Waals surface area contributed by atoms with Gasteiger partial charge in [-0.1, -0.05) is 19.1 Å². The van der Waals surface area contributed by atoms with Gasteiger partial charge in [0.05, 0.1) is 0 Å². The van der Waals surface area contributed by atoms with Crippen molar-refractivity contribution in [3.8, 4) is 0 Å². The van der Waals surface area contributed by atoms with Crippen LogP contribution in [-0.4, -0.2) is 24.0 Å². The SMILES string of the molecule is CCN(CCCc1ccc(N)cc1)C(C)C. The molecule has 0 saturated carbocycles. The largest absolute Gasteiger partial charge is 0.399 e. The van der Waals surface area contributed by atoms with Crippen LogP contribution in [0.3, 0.4) is 0 Å². The van der Waals surface area contributed by atoms with Crippen LogP contribution in [0.25, 0.3) is 0 Å². The van der Waals surface area contributed by atoms with E-state index in [-0.39, 0.29) is 0 Å². The second kappa shape index (κ2) is 6.54. The molecule has 2 heteroatoms. The number of benzene rings is 1. The predicted octanol–water partition coefficient (Wildman–Crippen LogP) is 2.93. The van der Waals surface area contributed by atoms with E-state index in [0.29, 0.717) is 6.04 Å². The summed E-state index contributed by atoms with van der Waals surface area (Å²) in [6, 6.07) is 8.86. The summed E-state index contributed by atoms with van der Waals surface area (Å²) in [5, 5.41) is 0. The van der Waals surface area contributed by atoms with Crippen molar-refractivity contribution < 1.29 is 0 Å². The summed E-state index contributed by atoms with van der Waals surface area (Å²) in [5.41, 5.74) is 7.89. The molecule has 0 aliphatic heterocycles. The summed E-state index contributed by atoms with van der Waals surface area (Å²) in [6.45, 7) is 9.06. The van der Waals surface area contributed by atoms with Gasteiger partial charge in [-0.15, -0.1) is 0 Å². The Kier molecular flexibility index (Phi) is 5.33. The molecule has 90 valence electrons. The first-order valence-corrected chi connectivity index (χ1v) is 6.22. The van der Waals surface area contributed by atoms with E-state index in [1.807, 2.05) is 12.1 Å². The maximum absolute atomic E-state index is 5.66. The molecule has 0 aliphatic rings. The first-order chi connectivity index (χ1) is 7.63. The third kappa shape index (κ3) is 4.23. The first-order valence-electron chi connectivity index (χ1n) is 6.22. The number of nitrogens with two attached hydrogens (primary N) is 1. The van der Waals surface area contributed by atoms with E-state index in [1.165, 1.54) is 18.5 Å². The molecule has 0 aromatic heterocycles. The lowest BCUT2D eigenvalue weighted by Crippen LogP contribution is -2.31. The quantitative estimate of drug-likeness (QED) is 0.747. The maximum Gasteiger partial charge on any atom is 0.0314 e. The monoisotopic (exact) mass is 220 g/mol. The zero-order valence-corrected chi connectivity index (χ0v) is 10.7. The van der Waals surface area contributed by atoms with Crippen LogP contribution in [0.1, 0.15) is 32.8 Å². The molecule has 16 heavy (non-hydrogen) atoms. The average molecular weight is 220 g/mol. The highest BCUT2D eigenvalue weighted by Crippen LogP contribution is 2.08. The van der Waals surface area contributed by atoms with Crippen LogP contribution in [0.15, 0.2) is 24.3 Å². The Morgan fingerprint density at radius 2 is 1.81 bits per heavy atom. The zero-order valence-electron chi connectivity index (χ0n) is 10.7. The van der Waals surface area contributed by atoms with Gasteiger partial charge in [0.2, 0.25) is 0 Å². The molecule has 1 rings (SSSR count). The van der Waals surface area contributed by atoms with Crippen molar-refractivity contribution in [3.05, 3.63) is 29.8 Å². The van der Waals surface area contributed by atoms with Gasteiger partial charge in [0, 0.05) is 11.7 Å². The fraction of sp³-hybridized carbons (Fsp3) is 0.571. The summed E-state index contributed by atoms with van der Waals surface area (Å²) < 4.78 is 0. The van der Waals surface area contributed by atoms with Crippen LogP contribution in [0.2, 0.25) is 0 Å². The summed E-state index contributed by atoms with van der Waals surface area (Å²) in [7, 11) is 0. The van der Waals surface area contributed by atoms with Gasteiger partial charge in [0.25, 0.3) is 0 Å². The van der Waals surface area contributed by atoms with E-state index in [4.69, 9.17) is 5.73 Å². The second-order valence-corrected chi connectivity index (χ2v) is 4.57. The minimum atomic E-state index is 0.649. The Balaban J connectivity index is 2.32. The topological polar surface area (TPSA) is 29.3 Å². The van der Waals surface area contributed by atoms with Crippen molar-refractivity contribution in [3.63, 3.8) is 0 Å². The maximum atomic E-state index is 5.66. The zero-order chi connectivity index (χ0) is 12.0. The minimum Gasteiger partial charge on any atom is -0.399 e. The van der Waals surface area contributed by atoms with E-state index in [2.05, 4.69) is 37.8 Å². The molecule has 0 unspecified atom stereocenters. The first kappa shape index (κ1) is 13.0. The van der Waals surface area contributed by atoms with E-state index in [1.54, 1.807) is 0 Å². The Morgan fingerprint density at radius 3 is 2.31 bits per heavy atom. The summed E-state index contributed by atoms with van der Waals surface area (Å²) >= 11 is 0. The fourth-order valence-corrected chi connectivity index (χ4v) is 1.95. The fourth-order valence-electron chi connectivity index (χ4n) is 1.95. The molecule has 0 radical (unpaired) electrons. The molecule has 0 atom stereocenters. The second-order valence-electron chi connectivity index (χ2n) is 4.57. The van der Waals surface area contributed by atoms with Crippen molar-refractivity contribution in [1.82, 2.24) is 4.90 Å². The molecular weight excluding hydrogens is 196 g/mol. The predicted molar refractivity (Wildman–Crippen MR) is 71.6 cm³/mol. The Morgan fingerprint density at radius 1 is 1.19 bits per heavy atom. The number of anilines is 1. The van der Waals surface area contributed by atoms with Crippen LogP contribution in [0.5, 0.6) is 0 Å². The van der Waals surface area contributed by atoms with Gasteiger partial charge in [-0.25, -0.2) is 0 Å². The van der Waals surface area contributed by atoms with Gasteiger partial charge < -0.3 is 10.6 Å². The summed E-state index contributed by atoms with van der Waals surface area (Å²) in [5.74, 6) is 0. The number of hydrogen-bond acceptors (Lipinski definition) is 2. The van der Waals surface area contributed by atoms with E-state index >= 15 is 0 Å². The number of rotatable bonds is 6. The molecule has 0 aliphatic carbocycles. The van der Waals surface area contributed by atoms with Gasteiger partial charge in [0.15, 0.2) is 0 Å². The number of nitrogen functional groups attached to an aromatic ring is 1. The van der Waals surface area contributed by atoms with Crippen molar-refractivity contribution >= 4 is 5.69 Å². The van der Waals surface area contributed by atoms with Crippen LogP contribution < -0.4 is 5.73 Å². The number of hydrogen-bond donors (Lipinski definition) is 1. The van der Waals surface area contributed by atoms with E-state index in [9.17, 15) is 0 Å². The molecule has 0 amide bonds. The molecule has 0 fully saturated rings. The highest BCUT2D eigenvalue weighted by atomic mass is 15.1. The van der Waals surface area contributed by atoms with Gasteiger partial charge in [-0.05, 0) is 57.5 Å². The molecule has 0 spiro atoms. The van der Waals surface area contributed by atoms with E-state index < -0.39 is 0 Å². The third-order valence-corrected chi connectivity index (χ3v) is 3.03. The highest BCUT2D eigenvalue weighted by molar-refractivity contribution is 5.39. The molecule has 1 aromatic rings. The molecule has 0 saturated heterocycles. The molecule has 2 nitrogen and oxygen atoms in total. The van der Waals surface area contributed by atoms with Gasteiger partial charge in [-0.3, -0.25) is 0 Å². The third-order valence-electron chi connectivity index (χ3n) is 3.03. The smallest absolute Gasteiger partial charge is 0.0314 e. The lowest BCUT2D eigenvalue weighted by molar-refractivity contribution is 0.231. The van der Waals surface area contributed by atoms with Crippen molar-refractivity contribution in [2.45, 2.75) is 39.7 Å². The lowest BCUT2D eigenvalue weighted by atomic mass is 10.1. The molecule has 0 bridgehead atoms. The standard InChI is InChI=1S/C14H24N2/c1-4-16(12(2)3)11-5-6-13-7-9-14(15)10-8-13/h7-10,12H,4-6,11,15H2,1-3H3. The van der Waals surface area contributed by atoms with Gasteiger partial charge in [-0.2, -0.15) is 0 Å². The average Bonchev–Trinajstić information content (AvgIpc) is 2.26.